The third-order valence-electron chi connectivity index (χ3n) is 2.81. The van der Waals surface area contributed by atoms with E-state index >= 15 is 0 Å². The molecule has 9 heteroatoms. The molecule has 0 aliphatic heterocycles. The Balaban J connectivity index is 1.79. The van der Waals surface area contributed by atoms with Crippen molar-refractivity contribution in [1.82, 2.24) is 14.9 Å². The van der Waals surface area contributed by atoms with Gasteiger partial charge in [-0.25, -0.2) is 5.10 Å². The Hall–Kier alpha value is -2.09. The standard InChI is InChI=1S/C14H10Cl2N4O2S/c15-9-3-4-11(16)12(6-9)22-8-13-18-19-14(23)20(13)17-7-10-2-1-5-21-10/h1-7H,8H2,(H,19,23)/b17-7-. The van der Waals surface area contributed by atoms with Crippen molar-refractivity contribution in [3.05, 3.63) is 63.0 Å². The average Bonchev–Trinajstić information content (AvgIpc) is 3.16. The molecular weight excluding hydrogens is 359 g/mol. The van der Waals surface area contributed by atoms with E-state index in [1.807, 2.05) is 0 Å². The number of halogens is 2. The van der Waals surface area contributed by atoms with Crippen LogP contribution in [0, 0.1) is 4.77 Å². The van der Waals surface area contributed by atoms with Crippen LogP contribution in [0.25, 0.3) is 0 Å². The number of nitrogens with zero attached hydrogens (tertiary/aromatic N) is 3. The summed E-state index contributed by atoms with van der Waals surface area (Å²) in [7, 11) is 0. The van der Waals surface area contributed by atoms with E-state index in [9.17, 15) is 0 Å². The minimum atomic E-state index is 0.114. The van der Waals surface area contributed by atoms with Crippen LogP contribution in [0.2, 0.25) is 10.0 Å². The van der Waals surface area contributed by atoms with Gasteiger partial charge in [0.2, 0.25) is 4.77 Å². The number of benzene rings is 1. The zero-order valence-electron chi connectivity index (χ0n) is 11.6. The molecule has 6 nitrogen and oxygen atoms in total. The fourth-order valence-electron chi connectivity index (χ4n) is 1.75. The second kappa shape index (κ2) is 6.99. The van der Waals surface area contributed by atoms with Crippen molar-refractivity contribution in [2.24, 2.45) is 5.10 Å². The van der Waals surface area contributed by atoms with Crippen LogP contribution in [0.15, 0.2) is 46.1 Å². The largest absolute Gasteiger partial charge is 0.484 e. The minimum absolute atomic E-state index is 0.114. The van der Waals surface area contributed by atoms with E-state index in [1.165, 1.54) is 10.9 Å². The van der Waals surface area contributed by atoms with E-state index in [2.05, 4.69) is 15.3 Å². The maximum Gasteiger partial charge on any atom is 0.216 e. The van der Waals surface area contributed by atoms with E-state index in [0.29, 0.717) is 32.2 Å². The van der Waals surface area contributed by atoms with Gasteiger partial charge in [0.25, 0.3) is 0 Å². The summed E-state index contributed by atoms with van der Waals surface area (Å²) in [6.07, 6.45) is 3.09. The van der Waals surface area contributed by atoms with Crippen molar-refractivity contribution in [3.63, 3.8) is 0 Å². The fourth-order valence-corrected chi connectivity index (χ4v) is 2.28. The number of aromatic amines is 1. The Morgan fingerprint density at radius 2 is 2.26 bits per heavy atom. The second-order valence-corrected chi connectivity index (χ2v) is 5.61. The molecule has 0 bridgehead atoms. The van der Waals surface area contributed by atoms with Crippen molar-refractivity contribution in [1.29, 1.82) is 0 Å². The van der Waals surface area contributed by atoms with Gasteiger partial charge in [0.05, 0.1) is 17.5 Å². The molecule has 2 aromatic heterocycles. The van der Waals surface area contributed by atoms with Gasteiger partial charge in [-0.1, -0.05) is 23.2 Å². The number of nitrogens with one attached hydrogen (secondary N) is 1. The molecule has 0 atom stereocenters. The Morgan fingerprint density at radius 1 is 1.39 bits per heavy atom. The Bertz CT molecular complexity index is 887. The normalized spacial score (nSPS) is 11.2. The summed E-state index contributed by atoms with van der Waals surface area (Å²) in [5, 5.41) is 11.9. The molecule has 0 fully saturated rings. The third kappa shape index (κ3) is 3.82. The summed E-state index contributed by atoms with van der Waals surface area (Å²) in [6, 6.07) is 8.50. The lowest BCUT2D eigenvalue weighted by molar-refractivity contribution is 0.291. The third-order valence-corrected chi connectivity index (χ3v) is 3.62. The number of hydrogen-bond donors (Lipinski definition) is 1. The zero-order chi connectivity index (χ0) is 16.2. The molecule has 0 saturated carbocycles. The first-order valence-corrected chi connectivity index (χ1v) is 7.62. The maximum absolute atomic E-state index is 6.05. The molecule has 2 heterocycles. The van der Waals surface area contributed by atoms with Gasteiger partial charge in [0.1, 0.15) is 18.1 Å². The van der Waals surface area contributed by atoms with Crippen LogP contribution in [-0.2, 0) is 6.61 Å². The van der Waals surface area contributed by atoms with Crippen molar-refractivity contribution in [2.45, 2.75) is 6.61 Å². The summed E-state index contributed by atoms with van der Waals surface area (Å²) in [5.74, 6) is 1.53. The highest BCUT2D eigenvalue weighted by atomic mass is 35.5. The maximum atomic E-state index is 6.05. The molecule has 0 radical (unpaired) electrons. The number of ether oxygens (including phenoxy) is 1. The van der Waals surface area contributed by atoms with E-state index in [-0.39, 0.29) is 6.61 Å². The molecule has 118 valence electrons. The van der Waals surface area contributed by atoms with Crippen molar-refractivity contribution in [2.75, 3.05) is 0 Å². The summed E-state index contributed by atoms with van der Waals surface area (Å²) in [4.78, 5) is 0. The summed E-state index contributed by atoms with van der Waals surface area (Å²) < 4.78 is 12.6. The molecular formula is C14H10Cl2N4O2S. The smallest absolute Gasteiger partial charge is 0.216 e. The molecule has 0 spiro atoms. The van der Waals surface area contributed by atoms with Crippen molar-refractivity contribution < 1.29 is 9.15 Å². The van der Waals surface area contributed by atoms with Crippen LogP contribution < -0.4 is 4.74 Å². The average molecular weight is 369 g/mol. The van der Waals surface area contributed by atoms with Crippen molar-refractivity contribution >= 4 is 41.6 Å². The summed E-state index contributed by atoms with van der Waals surface area (Å²) >= 11 is 17.1. The van der Waals surface area contributed by atoms with Crippen LogP contribution in [0.5, 0.6) is 5.75 Å². The van der Waals surface area contributed by atoms with Crippen LogP contribution >= 0.6 is 35.4 Å². The lowest BCUT2D eigenvalue weighted by atomic mass is 10.3. The van der Waals surface area contributed by atoms with E-state index < -0.39 is 0 Å². The zero-order valence-corrected chi connectivity index (χ0v) is 13.9. The predicted molar refractivity (Wildman–Crippen MR) is 89.9 cm³/mol. The van der Waals surface area contributed by atoms with Gasteiger partial charge in [0, 0.05) is 11.1 Å². The van der Waals surface area contributed by atoms with Gasteiger partial charge in [-0.05, 0) is 36.5 Å². The predicted octanol–water partition coefficient (Wildman–Crippen LogP) is 4.30. The highest BCUT2D eigenvalue weighted by Gasteiger charge is 2.09. The lowest BCUT2D eigenvalue weighted by Crippen LogP contribution is -2.04. The number of aromatic nitrogens is 3. The highest BCUT2D eigenvalue weighted by molar-refractivity contribution is 7.71. The first-order chi connectivity index (χ1) is 11.1. The SMILES string of the molecule is S=c1[nH]nc(COc2cc(Cl)ccc2Cl)n1/N=C\c1ccco1. The molecule has 3 aromatic rings. The van der Waals surface area contributed by atoms with Crippen molar-refractivity contribution in [3.8, 4) is 5.75 Å². The van der Waals surface area contributed by atoms with Crippen LogP contribution in [0.1, 0.15) is 11.6 Å². The molecule has 0 unspecified atom stereocenters. The van der Waals surface area contributed by atoms with Gasteiger partial charge in [-0.3, -0.25) is 0 Å². The first-order valence-electron chi connectivity index (χ1n) is 6.45. The van der Waals surface area contributed by atoms with Crippen LogP contribution in [-0.4, -0.2) is 21.1 Å². The van der Waals surface area contributed by atoms with E-state index in [1.54, 1.807) is 36.6 Å². The monoisotopic (exact) mass is 368 g/mol. The second-order valence-electron chi connectivity index (χ2n) is 4.38. The van der Waals surface area contributed by atoms with Gasteiger partial charge >= 0.3 is 0 Å². The molecule has 1 N–H and O–H groups in total. The Morgan fingerprint density at radius 3 is 3.04 bits per heavy atom. The molecule has 0 aliphatic carbocycles. The topological polar surface area (TPSA) is 68.3 Å². The Labute approximate surface area is 146 Å². The van der Waals surface area contributed by atoms with Gasteiger partial charge in [-0.2, -0.15) is 14.9 Å². The number of hydrogen-bond acceptors (Lipinski definition) is 5. The lowest BCUT2D eigenvalue weighted by Gasteiger charge is -2.07. The van der Waals surface area contributed by atoms with E-state index in [0.717, 1.165) is 0 Å². The van der Waals surface area contributed by atoms with Gasteiger partial charge < -0.3 is 9.15 Å². The Kier molecular flexibility index (Phi) is 4.80. The number of furan rings is 1. The van der Waals surface area contributed by atoms with Gasteiger partial charge in [0.15, 0.2) is 5.82 Å². The van der Waals surface area contributed by atoms with Gasteiger partial charge in [-0.15, -0.1) is 0 Å². The molecule has 0 aliphatic rings. The molecule has 0 amide bonds. The fraction of sp³-hybridized carbons (Fsp3) is 0.0714. The first kappa shape index (κ1) is 15.8. The minimum Gasteiger partial charge on any atom is -0.484 e. The quantitative estimate of drug-likeness (QED) is 0.538. The molecule has 23 heavy (non-hydrogen) atoms. The summed E-state index contributed by atoms with van der Waals surface area (Å²) in [5.41, 5.74) is 0. The van der Waals surface area contributed by atoms with Crippen LogP contribution in [0.4, 0.5) is 0 Å². The number of rotatable bonds is 5. The highest BCUT2D eigenvalue weighted by Crippen LogP contribution is 2.28. The van der Waals surface area contributed by atoms with Crippen LogP contribution in [0.3, 0.4) is 0 Å². The van der Waals surface area contributed by atoms with E-state index in [4.69, 9.17) is 44.6 Å². The molecule has 0 saturated heterocycles. The summed E-state index contributed by atoms with van der Waals surface area (Å²) in [6.45, 7) is 0.114. The number of H-pyrrole nitrogens is 1. The molecule has 3 rings (SSSR count). The molecule has 1 aromatic carbocycles.